The normalized spacial score (nSPS) is 18.5. The lowest BCUT2D eigenvalue weighted by Gasteiger charge is -2.29. The number of ether oxygens (including phenoxy) is 1. The Hall–Kier alpha value is -2.17. The van der Waals surface area contributed by atoms with Gasteiger partial charge in [-0.2, -0.15) is 0 Å². The lowest BCUT2D eigenvalue weighted by atomic mass is 9.79. The van der Waals surface area contributed by atoms with Crippen molar-refractivity contribution >= 4 is 5.97 Å². The number of aliphatic hydroxyl groups is 1. The van der Waals surface area contributed by atoms with Gasteiger partial charge in [-0.1, -0.05) is 70.4 Å². The number of hydrogen-bond donors (Lipinski definition) is 2. The van der Waals surface area contributed by atoms with Crippen molar-refractivity contribution < 1.29 is 19.7 Å². The largest absolute Gasteiger partial charge is 0.481 e. The van der Waals surface area contributed by atoms with Gasteiger partial charge < -0.3 is 14.9 Å². The van der Waals surface area contributed by atoms with E-state index in [0.717, 1.165) is 77.0 Å². The molecule has 0 aromatic carbocycles. The molecule has 0 aromatic rings. The zero-order chi connectivity index (χ0) is 30.6. The molecule has 0 aliphatic heterocycles. The average Bonchev–Trinajstić information content (AvgIpc) is 2.89. The van der Waals surface area contributed by atoms with Crippen molar-refractivity contribution in [2.45, 2.75) is 138 Å². The minimum atomic E-state index is -1.01. The van der Waals surface area contributed by atoms with Crippen molar-refractivity contribution in [2.75, 3.05) is 6.61 Å². The lowest BCUT2D eigenvalue weighted by Crippen LogP contribution is -2.23. The molecule has 0 heterocycles. The van der Waals surface area contributed by atoms with Gasteiger partial charge in [0.25, 0.3) is 0 Å². The summed E-state index contributed by atoms with van der Waals surface area (Å²) in [6.07, 6.45) is 23.8. The second-order valence-electron chi connectivity index (χ2n) is 12.7. The molecule has 1 aliphatic rings. The number of allylic oxidation sites excluding steroid dienone is 11. The van der Waals surface area contributed by atoms with E-state index in [1.807, 2.05) is 0 Å². The van der Waals surface area contributed by atoms with Gasteiger partial charge in [-0.15, -0.1) is 0 Å². The molecule has 2 N–H and O–H groups in total. The number of carbonyl (C=O) groups is 1. The lowest BCUT2D eigenvalue weighted by molar-refractivity contribution is -0.144. The SMILES string of the molecule is C=C(CC/C=C(\C)CCC=C(C)C)CC[C@H]1C=C(CC/C=C(\C)CCC=C(C)C)C[C@@H](COC(O)CCC(=O)O)C1. The summed E-state index contributed by atoms with van der Waals surface area (Å²) in [5, 5.41) is 19.0. The highest BCUT2D eigenvalue weighted by molar-refractivity contribution is 5.66. The van der Waals surface area contributed by atoms with Crippen molar-refractivity contribution in [3.63, 3.8) is 0 Å². The van der Waals surface area contributed by atoms with E-state index >= 15 is 0 Å². The van der Waals surface area contributed by atoms with Crippen LogP contribution in [0, 0.1) is 11.8 Å². The summed E-state index contributed by atoms with van der Waals surface area (Å²) in [4.78, 5) is 10.8. The molecule has 0 spiro atoms. The number of aliphatic carboxylic acids is 1. The van der Waals surface area contributed by atoms with Crippen LogP contribution in [-0.2, 0) is 9.53 Å². The molecular weight excluding hydrogens is 508 g/mol. The third-order valence-electron chi connectivity index (χ3n) is 7.79. The fourth-order valence-electron chi connectivity index (χ4n) is 5.37. The Bertz CT molecular complexity index is 938. The second-order valence-corrected chi connectivity index (χ2v) is 12.7. The Morgan fingerprint density at radius 3 is 2.07 bits per heavy atom. The van der Waals surface area contributed by atoms with Gasteiger partial charge in [-0.05, 0) is 130 Å². The predicted molar refractivity (Wildman–Crippen MR) is 175 cm³/mol. The van der Waals surface area contributed by atoms with E-state index in [0.29, 0.717) is 18.4 Å². The Morgan fingerprint density at radius 2 is 1.49 bits per heavy atom. The molecule has 41 heavy (non-hydrogen) atoms. The zero-order valence-electron chi connectivity index (χ0n) is 27.1. The minimum absolute atomic E-state index is 0.0782. The smallest absolute Gasteiger partial charge is 0.303 e. The first kappa shape index (κ1) is 36.9. The highest BCUT2D eigenvalue weighted by Gasteiger charge is 2.23. The quantitative estimate of drug-likeness (QED) is 0.107. The Balaban J connectivity index is 2.66. The fourth-order valence-corrected chi connectivity index (χ4v) is 5.37. The van der Waals surface area contributed by atoms with E-state index in [-0.39, 0.29) is 12.8 Å². The summed E-state index contributed by atoms with van der Waals surface area (Å²) in [5.74, 6) is -0.0689. The highest BCUT2D eigenvalue weighted by atomic mass is 16.6. The molecule has 1 unspecified atom stereocenters. The van der Waals surface area contributed by atoms with Crippen LogP contribution in [0.3, 0.4) is 0 Å². The van der Waals surface area contributed by atoms with E-state index in [2.05, 4.69) is 78.5 Å². The number of carboxylic acid groups (broad SMARTS) is 1. The topological polar surface area (TPSA) is 66.8 Å². The Kier molecular flexibility index (Phi) is 19.3. The van der Waals surface area contributed by atoms with Gasteiger partial charge in [0.05, 0.1) is 13.0 Å². The third-order valence-corrected chi connectivity index (χ3v) is 7.79. The Morgan fingerprint density at radius 1 is 0.902 bits per heavy atom. The molecule has 0 amide bonds. The summed E-state index contributed by atoms with van der Waals surface area (Å²) in [6, 6.07) is 0. The maximum absolute atomic E-state index is 10.8. The third kappa shape index (κ3) is 20.4. The van der Waals surface area contributed by atoms with Crippen molar-refractivity contribution in [1.29, 1.82) is 0 Å². The first-order valence-corrected chi connectivity index (χ1v) is 15.9. The van der Waals surface area contributed by atoms with E-state index in [4.69, 9.17) is 9.84 Å². The van der Waals surface area contributed by atoms with E-state index < -0.39 is 12.3 Å². The van der Waals surface area contributed by atoms with E-state index in [1.54, 1.807) is 0 Å². The number of carboxylic acids is 1. The summed E-state index contributed by atoms with van der Waals surface area (Å²) in [6.45, 7) is 17.9. The van der Waals surface area contributed by atoms with E-state index in [9.17, 15) is 9.90 Å². The van der Waals surface area contributed by atoms with Gasteiger partial charge in [0.1, 0.15) is 0 Å². The molecule has 4 nitrogen and oxygen atoms in total. The molecule has 232 valence electrons. The maximum atomic E-state index is 10.8. The maximum Gasteiger partial charge on any atom is 0.303 e. The standard InChI is InChI=1S/C37H60O4/c1-28(2)12-8-14-30(5)16-10-17-32(7)20-21-34-24-33(19-11-18-31(6)15-9-13-29(3)4)25-35(26-34)27-41-37(40)23-22-36(38)39/h12-13,16,18,24,34-35,37,40H,7-11,14-15,17,19-23,25-27H2,1-6H3,(H,38,39)/b30-16+,31-18+/t34-,35+,37?/m0/s1. The van der Waals surface area contributed by atoms with Crippen LogP contribution in [0.1, 0.15) is 131 Å². The van der Waals surface area contributed by atoms with Gasteiger partial charge in [-0.3, -0.25) is 4.79 Å². The molecule has 1 aliphatic carbocycles. The van der Waals surface area contributed by atoms with E-state index in [1.165, 1.54) is 33.4 Å². The average molecular weight is 569 g/mol. The van der Waals surface area contributed by atoms with Crippen LogP contribution in [0.2, 0.25) is 0 Å². The van der Waals surface area contributed by atoms with Crippen LogP contribution < -0.4 is 0 Å². The van der Waals surface area contributed by atoms with Gasteiger partial charge >= 0.3 is 5.97 Å². The first-order chi connectivity index (χ1) is 19.4. The van der Waals surface area contributed by atoms with Crippen LogP contribution in [-0.4, -0.2) is 29.1 Å². The predicted octanol–water partition coefficient (Wildman–Crippen LogP) is 10.4. The molecule has 1 rings (SSSR count). The van der Waals surface area contributed by atoms with Gasteiger partial charge in [0.15, 0.2) is 6.29 Å². The van der Waals surface area contributed by atoms with Crippen LogP contribution in [0.25, 0.3) is 0 Å². The molecule has 0 fully saturated rings. The minimum Gasteiger partial charge on any atom is -0.481 e. The van der Waals surface area contributed by atoms with Crippen LogP contribution in [0.5, 0.6) is 0 Å². The van der Waals surface area contributed by atoms with Crippen molar-refractivity contribution in [2.24, 2.45) is 11.8 Å². The summed E-state index contributed by atoms with van der Waals surface area (Å²) in [5.41, 5.74) is 8.49. The highest BCUT2D eigenvalue weighted by Crippen LogP contribution is 2.34. The van der Waals surface area contributed by atoms with Crippen molar-refractivity contribution in [1.82, 2.24) is 0 Å². The number of rotatable bonds is 21. The molecule has 0 radical (unpaired) electrons. The monoisotopic (exact) mass is 568 g/mol. The summed E-state index contributed by atoms with van der Waals surface area (Å²) >= 11 is 0. The molecule has 0 saturated heterocycles. The first-order valence-electron chi connectivity index (χ1n) is 15.9. The zero-order valence-corrected chi connectivity index (χ0v) is 27.1. The number of aliphatic hydroxyl groups excluding tert-OH is 1. The summed E-state index contributed by atoms with van der Waals surface area (Å²) < 4.78 is 5.70. The second kappa shape index (κ2) is 21.5. The molecule has 0 saturated carbocycles. The molecular formula is C37H60O4. The number of hydrogen-bond acceptors (Lipinski definition) is 3. The van der Waals surface area contributed by atoms with Gasteiger partial charge in [-0.25, -0.2) is 0 Å². The molecule has 0 aromatic heterocycles. The molecule has 3 atom stereocenters. The van der Waals surface area contributed by atoms with Crippen LogP contribution in [0.15, 0.2) is 70.4 Å². The van der Waals surface area contributed by atoms with Crippen molar-refractivity contribution in [3.8, 4) is 0 Å². The molecule has 0 bridgehead atoms. The van der Waals surface area contributed by atoms with Crippen molar-refractivity contribution in [3.05, 3.63) is 70.4 Å². The molecule has 4 heteroatoms. The van der Waals surface area contributed by atoms with Crippen LogP contribution >= 0.6 is 0 Å². The Labute approximate surface area is 252 Å². The summed E-state index contributed by atoms with van der Waals surface area (Å²) in [7, 11) is 0. The van der Waals surface area contributed by atoms with Crippen LogP contribution in [0.4, 0.5) is 0 Å². The van der Waals surface area contributed by atoms with Gasteiger partial charge in [0, 0.05) is 6.42 Å². The fraction of sp³-hybridized carbons (Fsp3) is 0.649. The van der Waals surface area contributed by atoms with Gasteiger partial charge in [0.2, 0.25) is 0 Å².